The maximum atomic E-state index is 6.52. The zero-order chi connectivity index (χ0) is 21.6. The molecule has 2 N–H and O–H groups in total. The van der Waals surface area contributed by atoms with Crippen molar-refractivity contribution in [3.63, 3.8) is 0 Å². The van der Waals surface area contributed by atoms with E-state index in [0.29, 0.717) is 25.0 Å². The smallest absolute Gasteiger partial charge is 0.0739 e. The minimum absolute atomic E-state index is 0.0448. The predicted molar refractivity (Wildman–Crippen MR) is 119 cm³/mol. The minimum Gasteiger partial charge on any atom is -0.382 e. The Morgan fingerprint density at radius 2 is 2.20 bits per heavy atom. The SMILES string of the molecule is CNCCN(C)Cc1cn[nH]c1[C@@H]1CC[C@@]2(CC(C)(C)CO2)C(COCCOC)C1. The maximum absolute atomic E-state index is 6.52. The van der Waals surface area contributed by atoms with Crippen molar-refractivity contribution in [1.29, 1.82) is 0 Å². The highest BCUT2D eigenvalue weighted by Gasteiger charge is 2.52. The first-order valence-electron chi connectivity index (χ1n) is 11.4. The second kappa shape index (κ2) is 10.6. The highest BCUT2D eigenvalue weighted by atomic mass is 16.5. The van der Waals surface area contributed by atoms with Crippen LogP contribution in [0.1, 0.15) is 56.7 Å². The zero-order valence-corrected chi connectivity index (χ0v) is 19.6. The number of rotatable bonds is 11. The van der Waals surface area contributed by atoms with Gasteiger partial charge in [0.05, 0.1) is 38.2 Å². The number of methoxy groups -OCH3 is 1. The van der Waals surface area contributed by atoms with Crippen LogP contribution in [0.2, 0.25) is 0 Å². The van der Waals surface area contributed by atoms with Crippen LogP contribution in [0.25, 0.3) is 0 Å². The van der Waals surface area contributed by atoms with E-state index < -0.39 is 0 Å². The van der Waals surface area contributed by atoms with Gasteiger partial charge in [-0.1, -0.05) is 13.8 Å². The van der Waals surface area contributed by atoms with E-state index in [2.05, 4.69) is 41.3 Å². The molecule has 1 aromatic heterocycles. The molecule has 1 saturated carbocycles. The van der Waals surface area contributed by atoms with Crippen molar-refractivity contribution in [3.05, 3.63) is 17.5 Å². The van der Waals surface area contributed by atoms with Gasteiger partial charge in [0.1, 0.15) is 0 Å². The van der Waals surface area contributed by atoms with Crippen molar-refractivity contribution in [2.75, 3.05) is 60.7 Å². The summed E-state index contributed by atoms with van der Waals surface area (Å²) in [6, 6.07) is 0. The van der Waals surface area contributed by atoms with Gasteiger partial charge < -0.3 is 24.4 Å². The number of aromatic nitrogens is 2. The van der Waals surface area contributed by atoms with E-state index in [9.17, 15) is 0 Å². The molecule has 2 aliphatic rings. The van der Waals surface area contributed by atoms with Crippen LogP contribution in [-0.4, -0.2) is 81.4 Å². The molecule has 172 valence electrons. The van der Waals surface area contributed by atoms with Crippen LogP contribution in [0.5, 0.6) is 0 Å². The van der Waals surface area contributed by atoms with Crippen LogP contribution < -0.4 is 5.32 Å². The Labute approximate surface area is 182 Å². The molecule has 3 atom stereocenters. The van der Waals surface area contributed by atoms with Crippen LogP contribution in [-0.2, 0) is 20.8 Å². The van der Waals surface area contributed by atoms with Gasteiger partial charge in [-0.25, -0.2) is 0 Å². The second-order valence-corrected chi connectivity index (χ2v) is 10.1. The summed E-state index contributed by atoms with van der Waals surface area (Å²) in [7, 11) is 5.89. The van der Waals surface area contributed by atoms with Crippen molar-refractivity contribution >= 4 is 0 Å². The molecule has 2 fully saturated rings. The third kappa shape index (κ3) is 5.82. The summed E-state index contributed by atoms with van der Waals surface area (Å²) >= 11 is 0. The number of aromatic amines is 1. The number of hydrogen-bond donors (Lipinski definition) is 2. The standard InChI is InChI=1S/C23H42N4O3/c1-22(2)16-23(30-17-22)7-6-18(12-20(23)15-29-11-10-28-5)21-19(13-25-26-21)14-27(4)9-8-24-3/h13,18,20,24H,6-12,14-17H2,1-5H3,(H,25,26)/t18-,20?,23-/m1/s1. The summed E-state index contributed by atoms with van der Waals surface area (Å²) in [5.41, 5.74) is 2.82. The van der Waals surface area contributed by atoms with Crippen molar-refractivity contribution in [2.24, 2.45) is 11.3 Å². The van der Waals surface area contributed by atoms with Crippen molar-refractivity contribution in [2.45, 2.75) is 57.6 Å². The maximum Gasteiger partial charge on any atom is 0.0739 e. The molecule has 1 aliphatic heterocycles. The average Bonchev–Trinajstić information content (AvgIpc) is 3.29. The van der Waals surface area contributed by atoms with E-state index in [1.165, 1.54) is 11.3 Å². The van der Waals surface area contributed by atoms with E-state index in [4.69, 9.17) is 14.2 Å². The average molecular weight is 423 g/mol. The van der Waals surface area contributed by atoms with Crippen LogP contribution >= 0.6 is 0 Å². The van der Waals surface area contributed by atoms with E-state index in [1.54, 1.807) is 7.11 Å². The molecule has 7 heteroatoms. The molecular weight excluding hydrogens is 380 g/mol. The number of hydrogen-bond acceptors (Lipinski definition) is 6. The fourth-order valence-electron chi connectivity index (χ4n) is 5.30. The molecule has 0 radical (unpaired) electrons. The Morgan fingerprint density at radius 3 is 2.90 bits per heavy atom. The fourth-order valence-corrected chi connectivity index (χ4v) is 5.30. The van der Waals surface area contributed by atoms with Gasteiger partial charge in [0.15, 0.2) is 0 Å². The summed E-state index contributed by atoms with van der Waals surface area (Å²) in [6.07, 6.45) is 6.44. The lowest BCUT2D eigenvalue weighted by Gasteiger charge is -2.44. The Bertz CT molecular complexity index is 650. The van der Waals surface area contributed by atoms with E-state index in [1.807, 2.05) is 13.2 Å². The molecule has 7 nitrogen and oxygen atoms in total. The van der Waals surface area contributed by atoms with E-state index in [-0.39, 0.29) is 11.0 Å². The third-order valence-electron chi connectivity index (χ3n) is 6.85. The molecule has 30 heavy (non-hydrogen) atoms. The summed E-state index contributed by atoms with van der Waals surface area (Å²) < 4.78 is 17.7. The molecule has 0 aromatic carbocycles. The van der Waals surface area contributed by atoms with Crippen LogP contribution in [0.3, 0.4) is 0 Å². The molecule has 2 heterocycles. The molecular formula is C23H42N4O3. The predicted octanol–water partition coefficient (Wildman–Crippen LogP) is 2.79. The molecule has 3 rings (SSSR count). The van der Waals surface area contributed by atoms with E-state index in [0.717, 1.165) is 58.5 Å². The highest BCUT2D eigenvalue weighted by Crippen LogP contribution is 2.53. The van der Waals surface area contributed by atoms with Crippen LogP contribution in [0, 0.1) is 11.3 Å². The number of H-pyrrole nitrogens is 1. The Balaban J connectivity index is 1.69. The summed E-state index contributed by atoms with van der Waals surface area (Å²) in [4.78, 5) is 2.35. The topological polar surface area (TPSA) is 71.6 Å². The molecule has 1 aromatic rings. The lowest BCUT2D eigenvalue weighted by molar-refractivity contribution is -0.101. The van der Waals surface area contributed by atoms with Crippen LogP contribution in [0.15, 0.2) is 6.20 Å². The van der Waals surface area contributed by atoms with Gasteiger partial charge in [-0.3, -0.25) is 5.10 Å². The molecule has 1 aliphatic carbocycles. The van der Waals surface area contributed by atoms with Gasteiger partial charge in [-0.15, -0.1) is 0 Å². The first-order chi connectivity index (χ1) is 14.4. The van der Waals surface area contributed by atoms with Crippen molar-refractivity contribution in [1.82, 2.24) is 20.4 Å². The molecule has 1 saturated heterocycles. The monoisotopic (exact) mass is 422 g/mol. The largest absolute Gasteiger partial charge is 0.382 e. The molecule has 0 bridgehead atoms. The molecule has 1 unspecified atom stereocenters. The summed E-state index contributed by atoms with van der Waals surface area (Å²) in [5, 5.41) is 11.0. The van der Waals surface area contributed by atoms with Crippen molar-refractivity contribution < 1.29 is 14.2 Å². The number of likely N-dealkylation sites (N-methyl/N-ethyl adjacent to an activating group) is 2. The molecule has 1 spiro atoms. The quantitative estimate of drug-likeness (QED) is 0.535. The summed E-state index contributed by atoms with van der Waals surface area (Å²) in [5.74, 6) is 0.877. The fraction of sp³-hybridized carbons (Fsp3) is 0.870. The van der Waals surface area contributed by atoms with Gasteiger partial charge in [0.25, 0.3) is 0 Å². The Hall–Kier alpha value is -0.990. The minimum atomic E-state index is -0.0448. The van der Waals surface area contributed by atoms with Gasteiger partial charge in [-0.05, 0) is 45.2 Å². The number of ether oxygens (including phenoxy) is 3. The molecule has 0 amide bonds. The van der Waals surface area contributed by atoms with Gasteiger partial charge >= 0.3 is 0 Å². The van der Waals surface area contributed by atoms with Gasteiger partial charge in [0, 0.05) is 49.8 Å². The summed E-state index contributed by atoms with van der Waals surface area (Å²) in [6.45, 7) is 10.4. The Kier molecular flexibility index (Phi) is 8.32. The first-order valence-corrected chi connectivity index (χ1v) is 11.4. The number of nitrogens with zero attached hydrogens (tertiary/aromatic N) is 2. The van der Waals surface area contributed by atoms with Gasteiger partial charge in [0.2, 0.25) is 0 Å². The first kappa shape index (κ1) is 23.7. The highest BCUT2D eigenvalue weighted by molar-refractivity contribution is 5.22. The van der Waals surface area contributed by atoms with Gasteiger partial charge in [-0.2, -0.15) is 5.10 Å². The zero-order valence-electron chi connectivity index (χ0n) is 19.6. The lowest BCUT2D eigenvalue weighted by Crippen LogP contribution is -2.45. The normalized spacial score (nSPS) is 28.6. The lowest BCUT2D eigenvalue weighted by atomic mass is 9.66. The third-order valence-corrected chi connectivity index (χ3v) is 6.85. The number of nitrogens with one attached hydrogen (secondary N) is 2. The van der Waals surface area contributed by atoms with E-state index >= 15 is 0 Å². The second-order valence-electron chi connectivity index (χ2n) is 10.1. The van der Waals surface area contributed by atoms with Crippen LogP contribution in [0.4, 0.5) is 0 Å². The van der Waals surface area contributed by atoms with Crippen molar-refractivity contribution in [3.8, 4) is 0 Å². The Morgan fingerprint density at radius 1 is 1.37 bits per heavy atom.